The van der Waals surface area contributed by atoms with Gasteiger partial charge < -0.3 is 11.1 Å². The van der Waals surface area contributed by atoms with Gasteiger partial charge in [-0.2, -0.15) is 0 Å². The molecule has 17 heavy (non-hydrogen) atoms. The number of nitrogens with two attached hydrogens (primary N) is 1. The second-order valence-electron chi connectivity index (χ2n) is 3.93. The van der Waals surface area contributed by atoms with Crippen molar-refractivity contribution in [2.45, 2.75) is 26.3 Å². The summed E-state index contributed by atoms with van der Waals surface area (Å²) >= 11 is 0. The van der Waals surface area contributed by atoms with Crippen molar-refractivity contribution in [3.05, 3.63) is 34.9 Å². The number of aryl methyl sites for hydroxylation is 1. The van der Waals surface area contributed by atoms with E-state index in [1.165, 1.54) is 13.0 Å². The zero-order valence-electron chi connectivity index (χ0n) is 9.89. The summed E-state index contributed by atoms with van der Waals surface area (Å²) in [4.78, 5) is 11.6. The van der Waals surface area contributed by atoms with Gasteiger partial charge >= 0.3 is 0 Å². The van der Waals surface area contributed by atoms with E-state index in [9.17, 15) is 13.6 Å². The summed E-state index contributed by atoms with van der Waals surface area (Å²) in [5, 5.41) is 2.41. The fraction of sp³-hybridized carbons (Fsp3) is 0.417. The molecule has 0 saturated heterocycles. The van der Waals surface area contributed by atoms with Crippen LogP contribution in [-0.2, 0) is 0 Å². The van der Waals surface area contributed by atoms with Crippen LogP contribution in [0.5, 0.6) is 0 Å². The maximum atomic E-state index is 13.6. The highest BCUT2D eigenvalue weighted by atomic mass is 19.1. The molecule has 0 heterocycles. The first-order valence-electron chi connectivity index (χ1n) is 5.45. The minimum atomic E-state index is -0.865. The van der Waals surface area contributed by atoms with Crippen LogP contribution >= 0.6 is 0 Å². The molecule has 3 N–H and O–H groups in total. The lowest BCUT2D eigenvalue weighted by Gasteiger charge is -2.11. The number of hydrogen-bond acceptors (Lipinski definition) is 2. The van der Waals surface area contributed by atoms with E-state index in [1.807, 2.05) is 6.92 Å². The second-order valence-corrected chi connectivity index (χ2v) is 3.93. The largest absolute Gasteiger partial charge is 0.350 e. The van der Waals surface area contributed by atoms with Crippen LogP contribution in [0.1, 0.15) is 29.3 Å². The van der Waals surface area contributed by atoms with Crippen molar-refractivity contribution >= 4 is 5.91 Å². The molecular formula is C12H16F2N2O. The normalized spacial score (nSPS) is 12.3. The highest BCUT2D eigenvalue weighted by molar-refractivity contribution is 5.95. The van der Waals surface area contributed by atoms with Crippen molar-refractivity contribution in [2.24, 2.45) is 5.73 Å². The molecule has 1 unspecified atom stereocenters. The Morgan fingerprint density at radius 1 is 1.47 bits per heavy atom. The Hall–Kier alpha value is -1.49. The van der Waals surface area contributed by atoms with Crippen LogP contribution in [0.25, 0.3) is 0 Å². The quantitative estimate of drug-likeness (QED) is 0.845. The fourth-order valence-electron chi connectivity index (χ4n) is 1.32. The molecule has 0 bridgehead atoms. The van der Waals surface area contributed by atoms with E-state index >= 15 is 0 Å². The summed E-state index contributed by atoms with van der Waals surface area (Å²) in [6.45, 7) is 3.54. The number of rotatable bonds is 4. The van der Waals surface area contributed by atoms with Gasteiger partial charge in [0, 0.05) is 12.6 Å². The molecule has 0 saturated carbocycles. The number of amides is 1. The SMILES string of the molecule is CCC(N)CNC(=O)c1c(F)ccc(C)c1F. The van der Waals surface area contributed by atoms with Crippen LogP contribution in [0.2, 0.25) is 0 Å². The molecule has 1 rings (SSSR count). The topological polar surface area (TPSA) is 55.1 Å². The molecule has 94 valence electrons. The van der Waals surface area contributed by atoms with E-state index in [4.69, 9.17) is 5.73 Å². The maximum absolute atomic E-state index is 13.6. The third-order valence-electron chi connectivity index (χ3n) is 2.56. The van der Waals surface area contributed by atoms with Gasteiger partial charge in [0.05, 0.1) is 0 Å². The lowest BCUT2D eigenvalue weighted by atomic mass is 10.1. The van der Waals surface area contributed by atoms with E-state index < -0.39 is 23.1 Å². The van der Waals surface area contributed by atoms with Crippen molar-refractivity contribution in [2.75, 3.05) is 6.54 Å². The number of halogens is 2. The minimum absolute atomic E-state index is 0.197. The molecule has 3 nitrogen and oxygen atoms in total. The molecule has 0 aliphatic rings. The molecule has 0 radical (unpaired) electrons. The van der Waals surface area contributed by atoms with E-state index in [2.05, 4.69) is 5.32 Å². The molecule has 5 heteroatoms. The predicted octanol–water partition coefficient (Wildman–Crippen LogP) is 1.74. The standard InChI is InChI=1S/C12H16F2N2O/c1-3-8(15)6-16-12(17)10-9(13)5-4-7(2)11(10)14/h4-5,8H,3,6,15H2,1-2H3,(H,16,17). The molecule has 0 aliphatic carbocycles. The number of hydrogen-bond donors (Lipinski definition) is 2. The van der Waals surface area contributed by atoms with Crippen LogP contribution in [0.4, 0.5) is 8.78 Å². The van der Waals surface area contributed by atoms with Crippen molar-refractivity contribution in [1.29, 1.82) is 0 Å². The van der Waals surface area contributed by atoms with E-state index in [0.717, 1.165) is 6.07 Å². The van der Waals surface area contributed by atoms with Crippen LogP contribution in [-0.4, -0.2) is 18.5 Å². The molecule has 1 amide bonds. The first-order chi connectivity index (χ1) is 7.97. The number of carbonyl (C=O) groups is 1. The third-order valence-corrected chi connectivity index (χ3v) is 2.56. The van der Waals surface area contributed by atoms with Crippen molar-refractivity contribution in [3.8, 4) is 0 Å². The lowest BCUT2D eigenvalue weighted by molar-refractivity contribution is 0.0942. The molecule has 0 spiro atoms. The van der Waals surface area contributed by atoms with Gasteiger partial charge in [0.1, 0.15) is 17.2 Å². The highest BCUT2D eigenvalue weighted by Gasteiger charge is 2.19. The smallest absolute Gasteiger partial charge is 0.257 e. The van der Waals surface area contributed by atoms with Gasteiger partial charge in [-0.25, -0.2) is 8.78 Å². The molecule has 0 aliphatic heterocycles. The summed E-state index contributed by atoms with van der Waals surface area (Å²) in [7, 11) is 0. The lowest BCUT2D eigenvalue weighted by Crippen LogP contribution is -2.37. The maximum Gasteiger partial charge on any atom is 0.257 e. The Morgan fingerprint density at radius 2 is 2.12 bits per heavy atom. The molecule has 0 aromatic heterocycles. The number of carbonyl (C=O) groups excluding carboxylic acids is 1. The van der Waals surface area contributed by atoms with Gasteiger partial charge in [-0.1, -0.05) is 13.0 Å². The van der Waals surface area contributed by atoms with Crippen molar-refractivity contribution in [1.82, 2.24) is 5.32 Å². The van der Waals surface area contributed by atoms with Gasteiger partial charge in [-0.15, -0.1) is 0 Å². The van der Waals surface area contributed by atoms with Crippen LogP contribution in [0.15, 0.2) is 12.1 Å². The Morgan fingerprint density at radius 3 is 2.71 bits per heavy atom. The monoisotopic (exact) mass is 242 g/mol. The summed E-state index contributed by atoms with van der Waals surface area (Å²) in [6.07, 6.45) is 0.680. The summed E-state index contributed by atoms with van der Waals surface area (Å²) < 4.78 is 26.9. The van der Waals surface area contributed by atoms with Gasteiger partial charge in [-0.05, 0) is 25.0 Å². The summed E-state index contributed by atoms with van der Waals surface area (Å²) in [5.74, 6) is -2.46. The van der Waals surface area contributed by atoms with E-state index in [0.29, 0.717) is 6.42 Å². The second kappa shape index (κ2) is 5.72. The predicted molar refractivity (Wildman–Crippen MR) is 61.7 cm³/mol. The van der Waals surface area contributed by atoms with Crippen molar-refractivity contribution < 1.29 is 13.6 Å². The molecule has 0 fully saturated rings. The first-order valence-corrected chi connectivity index (χ1v) is 5.45. The molecule has 1 aromatic rings. The van der Waals surface area contributed by atoms with Crippen LogP contribution in [0.3, 0.4) is 0 Å². The van der Waals surface area contributed by atoms with Crippen LogP contribution < -0.4 is 11.1 Å². The number of nitrogens with one attached hydrogen (secondary N) is 1. The Bertz CT molecular complexity index is 421. The van der Waals surface area contributed by atoms with Gasteiger partial charge in [0.25, 0.3) is 5.91 Å². The minimum Gasteiger partial charge on any atom is -0.350 e. The van der Waals surface area contributed by atoms with E-state index in [1.54, 1.807) is 0 Å². The Labute approximate surface area is 99.0 Å². The Balaban J connectivity index is 2.86. The average molecular weight is 242 g/mol. The first kappa shape index (κ1) is 13.6. The average Bonchev–Trinajstić information content (AvgIpc) is 2.31. The summed E-state index contributed by atoms with van der Waals surface area (Å²) in [5.41, 5.74) is 5.29. The summed E-state index contributed by atoms with van der Waals surface area (Å²) in [6, 6.07) is 2.15. The fourth-order valence-corrected chi connectivity index (χ4v) is 1.32. The number of benzene rings is 1. The Kier molecular flexibility index (Phi) is 4.57. The van der Waals surface area contributed by atoms with Gasteiger partial charge in [0.2, 0.25) is 0 Å². The van der Waals surface area contributed by atoms with Crippen LogP contribution in [0, 0.1) is 18.6 Å². The zero-order valence-corrected chi connectivity index (χ0v) is 9.89. The molecule has 1 atom stereocenters. The zero-order chi connectivity index (χ0) is 13.0. The third kappa shape index (κ3) is 3.23. The van der Waals surface area contributed by atoms with E-state index in [-0.39, 0.29) is 18.2 Å². The van der Waals surface area contributed by atoms with Gasteiger partial charge in [-0.3, -0.25) is 4.79 Å². The van der Waals surface area contributed by atoms with Crippen molar-refractivity contribution in [3.63, 3.8) is 0 Å². The highest BCUT2D eigenvalue weighted by Crippen LogP contribution is 2.15. The van der Waals surface area contributed by atoms with Gasteiger partial charge in [0.15, 0.2) is 0 Å². The molecule has 1 aromatic carbocycles. The molecular weight excluding hydrogens is 226 g/mol.